The number of cyclic esters (lactones) is 2. The van der Waals surface area contributed by atoms with Crippen molar-refractivity contribution in [3.8, 4) is 0 Å². The highest BCUT2D eigenvalue weighted by Gasteiger charge is 2.31. The Labute approximate surface area is 160 Å². The van der Waals surface area contributed by atoms with Crippen LogP contribution in [0.3, 0.4) is 0 Å². The van der Waals surface area contributed by atoms with Gasteiger partial charge in [-0.1, -0.05) is 23.9 Å². The van der Waals surface area contributed by atoms with E-state index in [0.29, 0.717) is 9.24 Å². The molecule has 3 aromatic rings. The molecule has 1 aromatic heterocycles. The molecule has 0 amide bonds. The second kappa shape index (κ2) is 6.97. The van der Waals surface area contributed by atoms with Gasteiger partial charge in [-0.15, -0.1) is 11.3 Å². The lowest BCUT2D eigenvalue weighted by molar-refractivity contribution is -0.387. The third-order valence-electron chi connectivity index (χ3n) is 3.69. The van der Waals surface area contributed by atoms with E-state index < -0.39 is 29.6 Å². The Morgan fingerprint density at radius 3 is 2.59 bits per heavy atom. The third kappa shape index (κ3) is 3.62. The number of carbonyl (C=O) groups is 2. The molecule has 0 saturated carbocycles. The lowest BCUT2D eigenvalue weighted by Gasteiger charge is -2.22. The van der Waals surface area contributed by atoms with Crippen molar-refractivity contribution in [1.82, 2.24) is 4.98 Å². The SMILES string of the molecule is O=C1CC(=O)OC(c2ccc(Sc3nc4ccccc4s3)c([N+](=O)[O-])c2)O1. The number of benzene rings is 2. The molecule has 1 saturated heterocycles. The number of hydrogen-bond donors (Lipinski definition) is 0. The zero-order valence-electron chi connectivity index (χ0n) is 13.5. The van der Waals surface area contributed by atoms with Crippen LogP contribution in [0.15, 0.2) is 51.7 Å². The summed E-state index contributed by atoms with van der Waals surface area (Å²) in [5.74, 6) is -1.46. The molecule has 0 unspecified atom stereocenters. The van der Waals surface area contributed by atoms with Gasteiger partial charge in [0.05, 0.1) is 20.0 Å². The number of nitro benzene ring substituents is 1. The topological polar surface area (TPSA) is 109 Å². The molecule has 0 radical (unpaired) electrons. The number of ether oxygens (including phenoxy) is 2. The number of para-hydroxylation sites is 1. The zero-order valence-corrected chi connectivity index (χ0v) is 15.1. The van der Waals surface area contributed by atoms with Crippen LogP contribution >= 0.6 is 23.1 Å². The van der Waals surface area contributed by atoms with Gasteiger partial charge in [0.1, 0.15) is 6.42 Å². The molecular weight excluding hydrogens is 392 g/mol. The van der Waals surface area contributed by atoms with Gasteiger partial charge in [0.2, 0.25) is 0 Å². The Balaban J connectivity index is 1.65. The second-order valence-corrected chi connectivity index (χ2v) is 7.84. The van der Waals surface area contributed by atoms with Crippen molar-refractivity contribution in [3.63, 3.8) is 0 Å². The van der Waals surface area contributed by atoms with Gasteiger partial charge in [0, 0.05) is 11.6 Å². The maximum Gasteiger partial charge on any atom is 0.320 e. The van der Waals surface area contributed by atoms with E-state index in [4.69, 9.17) is 9.47 Å². The first-order valence-electron chi connectivity index (χ1n) is 7.70. The van der Waals surface area contributed by atoms with Crippen molar-refractivity contribution in [3.05, 3.63) is 58.1 Å². The molecule has 10 heteroatoms. The lowest BCUT2D eigenvalue weighted by Crippen LogP contribution is -2.26. The van der Waals surface area contributed by atoms with Gasteiger partial charge in [-0.05, 0) is 24.3 Å². The fraction of sp³-hybridized carbons (Fsp3) is 0.118. The second-order valence-electron chi connectivity index (χ2n) is 5.52. The average Bonchev–Trinajstić information content (AvgIpc) is 3.03. The fourth-order valence-corrected chi connectivity index (χ4v) is 4.61. The molecule has 0 atom stereocenters. The van der Waals surface area contributed by atoms with Gasteiger partial charge in [-0.2, -0.15) is 0 Å². The van der Waals surface area contributed by atoms with E-state index in [0.717, 1.165) is 10.2 Å². The standard InChI is InChI=1S/C17H10N2O6S2/c20-14-8-15(21)25-16(24-14)9-5-6-13(11(7-9)19(22)23)27-17-18-10-3-1-2-4-12(10)26-17/h1-7,16H,8H2. The van der Waals surface area contributed by atoms with E-state index >= 15 is 0 Å². The third-order valence-corrected chi connectivity index (χ3v) is 5.85. The summed E-state index contributed by atoms with van der Waals surface area (Å²) in [5, 5.41) is 11.5. The highest BCUT2D eigenvalue weighted by molar-refractivity contribution is 8.01. The normalized spacial score (nSPS) is 14.8. The van der Waals surface area contributed by atoms with E-state index in [2.05, 4.69) is 4.98 Å². The van der Waals surface area contributed by atoms with E-state index in [1.54, 1.807) is 0 Å². The molecule has 2 heterocycles. The smallest absolute Gasteiger partial charge is 0.320 e. The minimum absolute atomic E-state index is 0.186. The first-order valence-corrected chi connectivity index (χ1v) is 9.33. The van der Waals surface area contributed by atoms with Crippen molar-refractivity contribution < 1.29 is 24.0 Å². The molecule has 1 aliphatic rings. The summed E-state index contributed by atoms with van der Waals surface area (Å²) in [6.45, 7) is 0. The summed E-state index contributed by atoms with van der Waals surface area (Å²) >= 11 is 2.61. The van der Waals surface area contributed by atoms with E-state index in [-0.39, 0.29) is 11.3 Å². The Morgan fingerprint density at radius 2 is 1.89 bits per heavy atom. The molecule has 8 nitrogen and oxygen atoms in total. The number of rotatable bonds is 4. The van der Waals surface area contributed by atoms with E-state index in [9.17, 15) is 19.7 Å². The lowest BCUT2D eigenvalue weighted by atomic mass is 10.2. The zero-order chi connectivity index (χ0) is 19.0. The Bertz CT molecular complexity index is 1030. The van der Waals surface area contributed by atoms with Crippen LogP contribution in [0.25, 0.3) is 10.2 Å². The van der Waals surface area contributed by atoms with Gasteiger partial charge < -0.3 is 9.47 Å². The summed E-state index contributed by atoms with van der Waals surface area (Å²) in [5.41, 5.74) is 0.858. The van der Waals surface area contributed by atoms with Crippen LogP contribution in [0.4, 0.5) is 5.69 Å². The minimum Gasteiger partial charge on any atom is -0.420 e. The van der Waals surface area contributed by atoms with E-state index in [1.165, 1.54) is 41.3 Å². The molecule has 0 spiro atoms. The Hall–Kier alpha value is -2.98. The number of hydrogen-bond acceptors (Lipinski definition) is 9. The van der Waals surface area contributed by atoms with Crippen molar-refractivity contribution in [1.29, 1.82) is 0 Å². The summed E-state index contributed by atoms with van der Waals surface area (Å²) in [7, 11) is 0. The summed E-state index contributed by atoms with van der Waals surface area (Å²) < 4.78 is 11.6. The van der Waals surface area contributed by atoms with Crippen LogP contribution in [-0.2, 0) is 19.1 Å². The van der Waals surface area contributed by atoms with Crippen molar-refractivity contribution in [2.24, 2.45) is 0 Å². The summed E-state index contributed by atoms with van der Waals surface area (Å²) in [6, 6.07) is 11.9. The van der Waals surface area contributed by atoms with Crippen molar-refractivity contribution in [2.75, 3.05) is 0 Å². The number of nitrogens with zero attached hydrogens (tertiary/aromatic N) is 2. The van der Waals surface area contributed by atoms with E-state index in [1.807, 2.05) is 24.3 Å². The molecular formula is C17H10N2O6S2. The van der Waals surface area contributed by atoms with Gasteiger partial charge in [-0.3, -0.25) is 19.7 Å². The largest absolute Gasteiger partial charge is 0.420 e. The van der Waals surface area contributed by atoms with Crippen molar-refractivity contribution in [2.45, 2.75) is 21.9 Å². The Morgan fingerprint density at radius 1 is 1.15 bits per heavy atom. The van der Waals surface area contributed by atoms with Crippen LogP contribution in [0.1, 0.15) is 18.3 Å². The van der Waals surface area contributed by atoms with Crippen LogP contribution in [0, 0.1) is 10.1 Å². The maximum atomic E-state index is 11.5. The van der Waals surface area contributed by atoms with Gasteiger partial charge in [0.15, 0.2) is 4.34 Å². The fourth-order valence-electron chi connectivity index (χ4n) is 2.50. The highest BCUT2D eigenvalue weighted by atomic mass is 32.2. The van der Waals surface area contributed by atoms with Gasteiger partial charge >= 0.3 is 11.9 Å². The number of carbonyl (C=O) groups excluding carboxylic acids is 2. The molecule has 2 aromatic carbocycles. The first-order chi connectivity index (χ1) is 13.0. The summed E-state index contributed by atoms with van der Waals surface area (Å²) in [6.07, 6.45) is -1.75. The molecule has 1 fully saturated rings. The predicted molar refractivity (Wildman–Crippen MR) is 96.4 cm³/mol. The number of thiazole rings is 1. The average molecular weight is 402 g/mol. The molecule has 0 aliphatic carbocycles. The van der Waals surface area contributed by atoms with Crippen LogP contribution < -0.4 is 0 Å². The number of nitro groups is 1. The van der Waals surface area contributed by atoms with Crippen LogP contribution in [0.5, 0.6) is 0 Å². The molecule has 0 N–H and O–H groups in total. The maximum absolute atomic E-state index is 11.5. The molecule has 4 rings (SSSR count). The molecule has 27 heavy (non-hydrogen) atoms. The number of fused-ring (bicyclic) bond motifs is 1. The van der Waals surface area contributed by atoms with Crippen LogP contribution in [0.2, 0.25) is 0 Å². The quantitative estimate of drug-likeness (QED) is 0.280. The number of esters is 2. The van der Waals surface area contributed by atoms with Gasteiger partial charge in [0.25, 0.3) is 12.0 Å². The van der Waals surface area contributed by atoms with Crippen molar-refractivity contribution >= 4 is 50.9 Å². The Kier molecular flexibility index (Phi) is 4.50. The minimum atomic E-state index is -1.28. The first kappa shape index (κ1) is 17.4. The number of aromatic nitrogens is 1. The molecule has 136 valence electrons. The highest BCUT2D eigenvalue weighted by Crippen LogP contribution is 2.40. The molecule has 0 bridgehead atoms. The van der Waals surface area contributed by atoms with Crippen LogP contribution in [-0.4, -0.2) is 21.8 Å². The summed E-state index contributed by atoms with van der Waals surface area (Å²) in [4.78, 5) is 38.6. The predicted octanol–water partition coefficient (Wildman–Crippen LogP) is 3.84. The van der Waals surface area contributed by atoms with Gasteiger partial charge in [-0.25, -0.2) is 4.98 Å². The monoisotopic (exact) mass is 402 g/mol. The molecule has 1 aliphatic heterocycles.